The number of carboxylic acids is 1. The van der Waals surface area contributed by atoms with E-state index in [2.05, 4.69) is 38.2 Å². The number of nitrogens with zero attached hydrogens (tertiary/aromatic N) is 1. The van der Waals surface area contributed by atoms with Gasteiger partial charge in [-0.25, -0.2) is 0 Å². The lowest BCUT2D eigenvalue weighted by Gasteiger charge is -2.34. The lowest BCUT2D eigenvalue weighted by molar-refractivity contribution is -0.889. The van der Waals surface area contributed by atoms with Crippen LogP contribution in [0.3, 0.4) is 0 Å². The van der Waals surface area contributed by atoms with E-state index in [1.807, 2.05) is 21.1 Å². The lowest BCUT2D eigenvalue weighted by atomic mass is 10.0. The molecule has 0 N–H and O–H groups in total. The van der Waals surface area contributed by atoms with Crippen LogP contribution in [-0.4, -0.2) is 75.5 Å². The van der Waals surface area contributed by atoms with Crippen molar-refractivity contribution in [2.75, 3.05) is 41.0 Å². The van der Waals surface area contributed by atoms with Gasteiger partial charge in [-0.1, -0.05) is 205 Å². The summed E-state index contributed by atoms with van der Waals surface area (Å²) in [6.07, 6.45) is 55.0. The Morgan fingerprint density at radius 1 is 0.453 bits per heavy atom. The molecule has 0 heterocycles. The molecular weight excluding hydrogens is 799 g/mol. The van der Waals surface area contributed by atoms with Crippen LogP contribution in [0.4, 0.5) is 0 Å². The van der Waals surface area contributed by atoms with E-state index < -0.39 is 18.1 Å². The van der Waals surface area contributed by atoms with Gasteiger partial charge in [0.1, 0.15) is 12.6 Å². The average molecular weight is 904 g/mol. The highest BCUT2D eigenvalue weighted by Gasteiger charge is 2.25. The summed E-state index contributed by atoms with van der Waals surface area (Å²) >= 11 is 0. The Balaban J connectivity index is 4.19. The van der Waals surface area contributed by atoms with E-state index in [-0.39, 0.29) is 42.7 Å². The van der Waals surface area contributed by atoms with E-state index in [0.717, 1.165) is 51.4 Å². The Bertz CT molecular complexity index is 1100. The summed E-state index contributed by atoms with van der Waals surface area (Å²) in [5.74, 6) is -1.73. The quantitative estimate of drug-likeness (QED) is 0.0259. The van der Waals surface area contributed by atoms with Crippen molar-refractivity contribution in [2.45, 2.75) is 276 Å². The summed E-state index contributed by atoms with van der Waals surface area (Å²) < 4.78 is 17.3. The number of likely N-dealkylation sites (N-methyl/N-ethyl adjacent to an activating group) is 1. The van der Waals surface area contributed by atoms with E-state index in [0.29, 0.717) is 12.8 Å². The van der Waals surface area contributed by atoms with Crippen molar-refractivity contribution < 1.29 is 38.2 Å². The van der Waals surface area contributed by atoms with Crippen LogP contribution in [-0.2, 0) is 28.6 Å². The van der Waals surface area contributed by atoms with Crippen molar-refractivity contribution in [1.29, 1.82) is 0 Å². The van der Waals surface area contributed by atoms with Gasteiger partial charge < -0.3 is 28.6 Å². The Morgan fingerprint density at radius 2 is 0.781 bits per heavy atom. The second-order valence-corrected chi connectivity index (χ2v) is 19.8. The maximum absolute atomic E-state index is 12.8. The Labute approximate surface area is 396 Å². The molecule has 0 aromatic carbocycles. The van der Waals surface area contributed by atoms with Crippen LogP contribution >= 0.6 is 0 Å². The molecule has 0 aliphatic heterocycles. The summed E-state index contributed by atoms with van der Waals surface area (Å²) in [7, 11) is 5.42. The van der Waals surface area contributed by atoms with Crippen LogP contribution in [0.25, 0.3) is 0 Å². The van der Waals surface area contributed by atoms with Gasteiger partial charge in [0.05, 0.1) is 40.3 Å². The van der Waals surface area contributed by atoms with Crippen LogP contribution in [0.1, 0.15) is 264 Å². The summed E-state index contributed by atoms with van der Waals surface area (Å²) in [4.78, 5) is 37.1. The topological polar surface area (TPSA) is 102 Å². The fourth-order valence-electron chi connectivity index (χ4n) is 8.30. The maximum Gasteiger partial charge on any atom is 0.306 e. The smallest absolute Gasteiger partial charge is 0.306 e. The molecule has 376 valence electrons. The molecule has 0 aromatic rings. The van der Waals surface area contributed by atoms with Crippen LogP contribution in [0.5, 0.6) is 0 Å². The highest BCUT2D eigenvalue weighted by molar-refractivity contribution is 5.70. The van der Waals surface area contributed by atoms with Crippen LogP contribution in [0.2, 0.25) is 0 Å². The third kappa shape index (κ3) is 45.0. The molecule has 0 aliphatic rings. The van der Waals surface area contributed by atoms with Crippen molar-refractivity contribution >= 4 is 17.9 Å². The number of hydrogen-bond acceptors (Lipinski definition) is 7. The highest BCUT2D eigenvalue weighted by atomic mass is 16.6. The molecule has 0 radical (unpaired) electrons. The number of quaternary nitrogens is 1. The summed E-state index contributed by atoms with van der Waals surface area (Å²) in [6.45, 7) is 4.69. The standard InChI is InChI=1S/C56H105NO7/c1-6-8-10-12-14-16-18-20-22-24-26-27-28-29-31-32-34-36-38-40-42-44-46-54(58)63-51-52(50-62-49-48-53(56(60)61)57(3,4)5)64-55(59)47-45-43-41-39-37-35-33-30-25-23-21-19-17-15-13-11-9-7-2/h28-30,33,52-53H,6-27,31-32,34-51H2,1-5H3/b29-28+,33-30+. The molecule has 0 rings (SSSR count). The second kappa shape index (κ2) is 47.3. The van der Waals surface area contributed by atoms with Gasteiger partial charge in [0.2, 0.25) is 0 Å². The summed E-state index contributed by atoms with van der Waals surface area (Å²) in [6, 6.07) is -0.727. The number of unbranched alkanes of at least 4 members (excludes halogenated alkanes) is 32. The van der Waals surface area contributed by atoms with Gasteiger partial charge in [0.25, 0.3) is 0 Å². The van der Waals surface area contributed by atoms with Gasteiger partial charge in [-0.2, -0.15) is 0 Å². The van der Waals surface area contributed by atoms with Gasteiger partial charge >= 0.3 is 11.9 Å². The third-order valence-electron chi connectivity index (χ3n) is 12.6. The van der Waals surface area contributed by atoms with Gasteiger partial charge in [-0.3, -0.25) is 9.59 Å². The first-order chi connectivity index (χ1) is 31.1. The Morgan fingerprint density at radius 3 is 1.12 bits per heavy atom. The van der Waals surface area contributed by atoms with E-state index in [1.54, 1.807) is 0 Å². The van der Waals surface area contributed by atoms with Gasteiger partial charge in [-0.15, -0.1) is 0 Å². The molecule has 0 bridgehead atoms. The van der Waals surface area contributed by atoms with Crippen molar-refractivity contribution in [1.82, 2.24) is 0 Å². The summed E-state index contributed by atoms with van der Waals surface area (Å²) in [5.41, 5.74) is 0. The number of carbonyl (C=O) groups excluding carboxylic acids is 3. The molecule has 0 amide bonds. The molecule has 0 saturated carbocycles. The van der Waals surface area contributed by atoms with Crippen molar-refractivity contribution in [3.8, 4) is 0 Å². The first kappa shape index (κ1) is 61.8. The molecule has 8 nitrogen and oxygen atoms in total. The molecule has 2 atom stereocenters. The monoisotopic (exact) mass is 904 g/mol. The van der Waals surface area contributed by atoms with E-state index >= 15 is 0 Å². The number of carbonyl (C=O) groups is 3. The molecule has 8 heteroatoms. The number of ether oxygens (including phenoxy) is 3. The lowest BCUT2D eigenvalue weighted by Crippen LogP contribution is -2.55. The highest BCUT2D eigenvalue weighted by Crippen LogP contribution is 2.16. The number of carboxylic acid groups (broad SMARTS) is 1. The number of allylic oxidation sites excluding steroid dienone is 4. The fourth-order valence-corrected chi connectivity index (χ4v) is 8.30. The number of hydrogen-bond donors (Lipinski definition) is 0. The molecule has 0 aliphatic carbocycles. The molecule has 0 aromatic heterocycles. The molecule has 2 unspecified atom stereocenters. The minimum Gasteiger partial charge on any atom is -0.544 e. The van der Waals surface area contributed by atoms with Crippen molar-refractivity contribution in [3.63, 3.8) is 0 Å². The molecule has 64 heavy (non-hydrogen) atoms. The molecule has 0 fully saturated rings. The van der Waals surface area contributed by atoms with Gasteiger partial charge in [0, 0.05) is 19.3 Å². The first-order valence-electron chi connectivity index (χ1n) is 27.4. The number of rotatable bonds is 50. The zero-order valence-corrected chi connectivity index (χ0v) is 43.0. The minimum absolute atomic E-state index is 0.0394. The third-order valence-corrected chi connectivity index (χ3v) is 12.6. The zero-order chi connectivity index (χ0) is 47.0. The predicted molar refractivity (Wildman–Crippen MR) is 268 cm³/mol. The Kier molecular flexibility index (Phi) is 45.7. The van der Waals surface area contributed by atoms with Crippen LogP contribution < -0.4 is 5.11 Å². The SMILES string of the molecule is CCCCCCCCCCC/C=C/CCCCCCCC(=O)OC(COCCC(C(=O)[O-])[N+](C)(C)C)COC(=O)CCCCCCCCC/C=C/CCCCCCCCCCCCC. The van der Waals surface area contributed by atoms with Crippen molar-refractivity contribution in [3.05, 3.63) is 24.3 Å². The van der Waals surface area contributed by atoms with E-state index in [4.69, 9.17) is 14.2 Å². The average Bonchev–Trinajstić information content (AvgIpc) is 3.26. The maximum atomic E-state index is 12.8. The zero-order valence-electron chi connectivity index (χ0n) is 43.0. The molecular formula is C56H105NO7. The molecule has 0 spiro atoms. The normalized spacial score (nSPS) is 13.0. The largest absolute Gasteiger partial charge is 0.544 e. The van der Waals surface area contributed by atoms with Gasteiger partial charge in [-0.05, 0) is 64.2 Å². The fraction of sp³-hybridized carbons (Fsp3) is 0.875. The predicted octanol–water partition coefficient (Wildman–Crippen LogP) is 14.6. The molecule has 0 saturated heterocycles. The van der Waals surface area contributed by atoms with E-state index in [9.17, 15) is 19.5 Å². The van der Waals surface area contributed by atoms with Crippen molar-refractivity contribution in [2.24, 2.45) is 0 Å². The number of esters is 2. The summed E-state index contributed by atoms with van der Waals surface area (Å²) in [5, 5.41) is 11.7. The van der Waals surface area contributed by atoms with Crippen LogP contribution in [0, 0.1) is 0 Å². The number of aliphatic carboxylic acids is 1. The minimum atomic E-state index is -1.12. The Hall–Kier alpha value is -2.19. The van der Waals surface area contributed by atoms with Gasteiger partial charge in [0.15, 0.2) is 6.10 Å². The second-order valence-electron chi connectivity index (χ2n) is 19.8. The first-order valence-corrected chi connectivity index (χ1v) is 27.4. The van der Waals surface area contributed by atoms with E-state index in [1.165, 1.54) is 180 Å². The van der Waals surface area contributed by atoms with Crippen LogP contribution in [0.15, 0.2) is 24.3 Å².